The highest BCUT2D eigenvalue weighted by Gasteiger charge is 2.35. The van der Waals surface area contributed by atoms with Crippen LogP contribution < -0.4 is 24.4 Å². The molecule has 34 heavy (non-hydrogen) atoms. The van der Waals surface area contributed by atoms with Crippen LogP contribution in [0.5, 0.6) is 23.1 Å². The molecular formula is C25H22N4O5. The lowest BCUT2D eigenvalue weighted by atomic mass is 10.1. The van der Waals surface area contributed by atoms with Gasteiger partial charge < -0.3 is 24.4 Å². The highest BCUT2D eigenvalue weighted by Crippen LogP contribution is 2.34. The van der Waals surface area contributed by atoms with Crippen molar-refractivity contribution < 1.29 is 23.8 Å². The molecule has 2 aromatic carbocycles. The predicted octanol–water partition coefficient (Wildman–Crippen LogP) is 3.75. The Morgan fingerprint density at radius 1 is 1.09 bits per heavy atom. The first-order valence-electron chi connectivity index (χ1n) is 10.5. The molecule has 0 bridgehead atoms. The summed E-state index contributed by atoms with van der Waals surface area (Å²) in [6.45, 7) is 0.250. The van der Waals surface area contributed by atoms with Crippen molar-refractivity contribution in [2.75, 3.05) is 31.0 Å². The van der Waals surface area contributed by atoms with Crippen LogP contribution in [0.4, 0.5) is 11.4 Å². The zero-order chi connectivity index (χ0) is 24.1. The van der Waals surface area contributed by atoms with Crippen LogP contribution in [0.2, 0.25) is 0 Å². The highest BCUT2D eigenvalue weighted by atomic mass is 16.5. The standard InChI is InChI=1S/C25H22N4O5/c1-32-21-9-8-19(12-22(21)33-2)29-15-17(11-24(29)30)25(31)28-18-7-10-23(27-14-18)34-20-6-4-3-5-16(20)13-26/h3-10,12,14,17H,11,15H2,1-2H3,(H,28,31)/t17-/m0/s1. The van der Waals surface area contributed by atoms with Crippen molar-refractivity contribution in [1.29, 1.82) is 5.26 Å². The molecule has 4 rings (SSSR count). The molecule has 0 radical (unpaired) electrons. The van der Waals surface area contributed by atoms with Crippen molar-refractivity contribution >= 4 is 23.2 Å². The summed E-state index contributed by atoms with van der Waals surface area (Å²) in [4.78, 5) is 31.1. The van der Waals surface area contributed by atoms with E-state index in [1.807, 2.05) is 0 Å². The van der Waals surface area contributed by atoms with Crippen molar-refractivity contribution in [3.63, 3.8) is 0 Å². The molecule has 1 N–H and O–H groups in total. The number of anilines is 2. The van der Waals surface area contributed by atoms with Crippen molar-refractivity contribution in [3.8, 4) is 29.2 Å². The molecule has 1 aliphatic rings. The van der Waals surface area contributed by atoms with E-state index < -0.39 is 5.92 Å². The second-order valence-electron chi connectivity index (χ2n) is 7.53. The van der Waals surface area contributed by atoms with E-state index in [0.29, 0.717) is 34.2 Å². The largest absolute Gasteiger partial charge is 0.493 e. The highest BCUT2D eigenvalue weighted by molar-refractivity contribution is 6.03. The number of rotatable bonds is 7. The van der Waals surface area contributed by atoms with Gasteiger partial charge in [0.15, 0.2) is 11.5 Å². The van der Waals surface area contributed by atoms with Gasteiger partial charge in [-0.25, -0.2) is 4.98 Å². The Morgan fingerprint density at radius 2 is 1.88 bits per heavy atom. The van der Waals surface area contributed by atoms with E-state index in [9.17, 15) is 9.59 Å². The Bertz CT molecular complexity index is 1250. The quantitative estimate of drug-likeness (QED) is 0.573. The minimum atomic E-state index is -0.515. The normalized spacial score (nSPS) is 14.9. The SMILES string of the molecule is COc1ccc(N2C[C@@H](C(=O)Nc3ccc(Oc4ccccc4C#N)nc3)CC2=O)cc1OC. The van der Waals surface area contributed by atoms with Crippen LogP contribution >= 0.6 is 0 Å². The summed E-state index contributed by atoms with van der Waals surface area (Å²) < 4.78 is 16.2. The number of nitriles is 1. The fraction of sp³-hybridized carbons (Fsp3) is 0.200. The average Bonchev–Trinajstić information content (AvgIpc) is 3.26. The van der Waals surface area contributed by atoms with Crippen LogP contribution in [0, 0.1) is 17.2 Å². The molecule has 2 amide bonds. The minimum absolute atomic E-state index is 0.0970. The molecule has 1 aromatic heterocycles. The van der Waals surface area contributed by atoms with E-state index in [0.717, 1.165) is 0 Å². The molecular weight excluding hydrogens is 436 g/mol. The Kier molecular flexibility index (Phi) is 6.59. The Morgan fingerprint density at radius 3 is 2.59 bits per heavy atom. The van der Waals surface area contributed by atoms with Crippen molar-refractivity contribution in [1.82, 2.24) is 4.98 Å². The first kappa shape index (κ1) is 22.6. The number of methoxy groups -OCH3 is 2. The van der Waals surface area contributed by atoms with E-state index in [1.165, 1.54) is 20.4 Å². The molecule has 1 fully saturated rings. The molecule has 2 heterocycles. The smallest absolute Gasteiger partial charge is 0.229 e. The molecule has 172 valence electrons. The molecule has 0 unspecified atom stereocenters. The van der Waals surface area contributed by atoms with Gasteiger partial charge in [0.1, 0.15) is 11.8 Å². The monoisotopic (exact) mass is 458 g/mol. The molecule has 1 atom stereocenters. The van der Waals surface area contributed by atoms with Gasteiger partial charge in [0, 0.05) is 30.8 Å². The van der Waals surface area contributed by atoms with E-state index >= 15 is 0 Å². The van der Waals surface area contributed by atoms with Gasteiger partial charge in [0.2, 0.25) is 17.7 Å². The number of amides is 2. The number of benzene rings is 2. The van der Waals surface area contributed by atoms with Gasteiger partial charge >= 0.3 is 0 Å². The van der Waals surface area contributed by atoms with Gasteiger partial charge in [-0.15, -0.1) is 0 Å². The van der Waals surface area contributed by atoms with E-state index in [4.69, 9.17) is 19.5 Å². The second kappa shape index (κ2) is 9.92. The van der Waals surface area contributed by atoms with Crippen LogP contribution in [0.15, 0.2) is 60.8 Å². The number of nitrogens with zero attached hydrogens (tertiary/aromatic N) is 3. The number of nitrogens with one attached hydrogen (secondary N) is 1. The van der Waals surface area contributed by atoms with E-state index in [1.54, 1.807) is 59.5 Å². The maximum Gasteiger partial charge on any atom is 0.229 e. The number of pyridine rings is 1. The van der Waals surface area contributed by atoms with Crippen LogP contribution in [0.25, 0.3) is 0 Å². The lowest BCUT2D eigenvalue weighted by Crippen LogP contribution is -2.28. The average molecular weight is 458 g/mol. The van der Waals surface area contributed by atoms with Crippen molar-refractivity contribution in [2.45, 2.75) is 6.42 Å². The van der Waals surface area contributed by atoms with Gasteiger partial charge in [-0.05, 0) is 30.3 Å². The summed E-state index contributed by atoms with van der Waals surface area (Å²) in [6.07, 6.45) is 1.56. The molecule has 1 saturated heterocycles. The molecule has 9 heteroatoms. The van der Waals surface area contributed by atoms with Crippen LogP contribution in [-0.2, 0) is 9.59 Å². The minimum Gasteiger partial charge on any atom is -0.493 e. The molecule has 3 aromatic rings. The first-order valence-corrected chi connectivity index (χ1v) is 10.5. The fourth-order valence-corrected chi connectivity index (χ4v) is 3.65. The molecule has 0 spiro atoms. The summed E-state index contributed by atoms with van der Waals surface area (Å²) in [7, 11) is 3.06. The van der Waals surface area contributed by atoms with Crippen LogP contribution in [0.3, 0.4) is 0 Å². The summed E-state index contributed by atoms with van der Waals surface area (Å²) in [5, 5.41) is 12.0. The number of carbonyl (C=O) groups excluding carboxylic acids is 2. The van der Waals surface area contributed by atoms with Crippen LogP contribution in [-0.4, -0.2) is 37.6 Å². The number of para-hydroxylation sites is 1. The third kappa shape index (κ3) is 4.76. The molecule has 0 aliphatic carbocycles. The lowest BCUT2D eigenvalue weighted by molar-refractivity contribution is -0.122. The summed E-state index contributed by atoms with van der Waals surface area (Å²) in [6, 6.07) is 17.3. The molecule has 9 nitrogen and oxygen atoms in total. The Labute approximate surface area is 196 Å². The summed E-state index contributed by atoms with van der Waals surface area (Å²) >= 11 is 0. The van der Waals surface area contributed by atoms with Gasteiger partial charge in [-0.1, -0.05) is 12.1 Å². The number of aromatic nitrogens is 1. The number of hydrogen-bond donors (Lipinski definition) is 1. The fourth-order valence-electron chi connectivity index (χ4n) is 3.65. The molecule has 1 aliphatic heterocycles. The van der Waals surface area contributed by atoms with E-state index in [2.05, 4.69) is 16.4 Å². The third-order valence-electron chi connectivity index (χ3n) is 5.40. The summed E-state index contributed by atoms with van der Waals surface area (Å²) in [5.41, 5.74) is 1.51. The van der Waals surface area contributed by atoms with Crippen LogP contribution in [0.1, 0.15) is 12.0 Å². The van der Waals surface area contributed by atoms with Gasteiger partial charge in [-0.2, -0.15) is 5.26 Å². The first-order chi connectivity index (χ1) is 16.5. The zero-order valence-electron chi connectivity index (χ0n) is 18.6. The molecule has 0 saturated carbocycles. The number of ether oxygens (including phenoxy) is 3. The predicted molar refractivity (Wildman–Crippen MR) is 124 cm³/mol. The topological polar surface area (TPSA) is 114 Å². The van der Waals surface area contributed by atoms with Gasteiger partial charge in [0.25, 0.3) is 0 Å². The number of hydrogen-bond acceptors (Lipinski definition) is 7. The zero-order valence-corrected chi connectivity index (χ0v) is 18.6. The number of carbonyl (C=O) groups is 2. The maximum atomic E-state index is 12.8. The third-order valence-corrected chi connectivity index (χ3v) is 5.40. The Hall–Kier alpha value is -4.58. The maximum absolute atomic E-state index is 12.8. The van der Waals surface area contributed by atoms with E-state index in [-0.39, 0.29) is 30.7 Å². The second-order valence-corrected chi connectivity index (χ2v) is 7.53. The Balaban J connectivity index is 1.39. The van der Waals surface area contributed by atoms with Gasteiger partial charge in [-0.3, -0.25) is 9.59 Å². The van der Waals surface area contributed by atoms with Crippen molar-refractivity contribution in [3.05, 3.63) is 66.4 Å². The summed E-state index contributed by atoms with van der Waals surface area (Å²) in [5.74, 6) is 0.811. The lowest BCUT2D eigenvalue weighted by Gasteiger charge is -2.18. The van der Waals surface area contributed by atoms with Crippen molar-refractivity contribution in [2.24, 2.45) is 5.92 Å². The van der Waals surface area contributed by atoms with Gasteiger partial charge in [0.05, 0.1) is 37.6 Å².